The molecule has 1 fully saturated rings. The first kappa shape index (κ1) is 21.3. The van der Waals surface area contributed by atoms with Gasteiger partial charge in [-0.25, -0.2) is 4.98 Å². The standard InChI is InChI=1S/C24H26ClN5OS/c25-17-11-12-21-20(15-17)26-24(30(21)19-9-5-2-6-10-19)32-16-23(31)27-22-13-14-29(28-22)18-7-3-1-4-8-18/h1,3-4,7-8,11-12,15,19H,2,5-6,9-10,13-14,16H2,(H,27,28,31). The Hall–Kier alpha value is -2.51. The maximum atomic E-state index is 12.7. The molecule has 1 amide bonds. The van der Waals surface area contributed by atoms with Gasteiger partial charge in [-0.3, -0.25) is 9.80 Å². The summed E-state index contributed by atoms with van der Waals surface area (Å²) in [4.78, 5) is 17.5. The zero-order valence-electron chi connectivity index (χ0n) is 17.8. The summed E-state index contributed by atoms with van der Waals surface area (Å²) in [6.45, 7) is 0.769. The minimum Gasteiger partial charge on any atom is -0.316 e. The van der Waals surface area contributed by atoms with Gasteiger partial charge in [0.25, 0.3) is 0 Å². The lowest BCUT2D eigenvalue weighted by Gasteiger charge is -2.25. The molecule has 166 valence electrons. The predicted octanol–water partition coefficient (Wildman–Crippen LogP) is 5.63. The zero-order valence-corrected chi connectivity index (χ0v) is 19.4. The maximum absolute atomic E-state index is 12.7. The van der Waals surface area contributed by atoms with Gasteiger partial charge in [0.15, 0.2) is 5.16 Å². The van der Waals surface area contributed by atoms with Gasteiger partial charge in [0.05, 0.1) is 22.5 Å². The molecule has 1 aliphatic heterocycles. The Kier molecular flexibility index (Phi) is 6.37. The SMILES string of the molecule is O=C(CSc1nc2cc(Cl)ccc2n1C1CCCCC1)NC1=NN(c2ccccc2)CC1. The molecule has 3 aromatic rings. The normalized spacial score (nSPS) is 17.0. The van der Waals surface area contributed by atoms with Gasteiger partial charge < -0.3 is 9.88 Å². The van der Waals surface area contributed by atoms with E-state index in [2.05, 4.69) is 21.1 Å². The number of amides is 1. The molecule has 6 nitrogen and oxygen atoms in total. The van der Waals surface area contributed by atoms with Crippen LogP contribution in [0, 0.1) is 0 Å². The van der Waals surface area contributed by atoms with Gasteiger partial charge in [0.1, 0.15) is 5.84 Å². The fourth-order valence-electron chi connectivity index (χ4n) is 4.50. The number of fused-ring (bicyclic) bond motifs is 1. The lowest BCUT2D eigenvalue weighted by Crippen LogP contribution is -2.31. The Morgan fingerprint density at radius 3 is 2.75 bits per heavy atom. The zero-order chi connectivity index (χ0) is 21.9. The molecular formula is C24H26ClN5OS. The summed E-state index contributed by atoms with van der Waals surface area (Å²) >= 11 is 7.70. The van der Waals surface area contributed by atoms with Crippen molar-refractivity contribution in [1.29, 1.82) is 0 Å². The summed E-state index contributed by atoms with van der Waals surface area (Å²) in [7, 11) is 0. The Balaban J connectivity index is 1.28. The quantitative estimate of drug-likeness (QED) is 0.494. The average Bonchev–Trinajstić information content (AvgIpc) is 3.43. The molecule has 2 heterocycles. The Bertz CT molecular complexity index is 1140. The number of thioether (sulfide) groups is 1. The number of nitrogens with zero attached hydrogens (tertiary/aromatic N) is 4. The first-order chi connectivity index (χ1) is 15.7. The van der Waals surface area contributed by atoms with E-state index in [9.17, 15) is 4.79 Å². The number of nitrogens with one attached hydrogen (secondary N) is 1. The number of carbonyl (C=O) groups excluding carboxylic acids is 1. The van der Waals surface area contributed by atoms with Crippen molar-refractivity contribution < 1.29 is 4.79 Å². The van der Waals surface area contributed by atoms with E-state index in [-0.39, 0.29) is 5.91 Å². The molecule has 5 rings (SSSR count). The van der Waals surface area contributed by atoms with Crippen LogP contribution in [0.3, 0.4) is 0 Å². The third-order valence-corrected chi connectivity index (χ3v) is 7.22. The molecule has 0 unspecified atom stereocenters. The fraction of sp³-hybridized carbons (Fsp3) is 0.375. The minimum absolute atomic E-state index is 0.0519. The van der Waals surface area contributed by atoms with E-state index in [1.165, 1.54) is 31.0 Å². The van der Waals surface area contributed by atoms with Crippen LogP contribution in [0.2, 0.25) is 5.02 Å². The molecule has 8 heteroatoms. The van der Waals surface area contributed by atoms with Gasteiger partial charge in [-0.05, 0) is 43.2 Å². The van der Waals surface area contributed by atoms with Gasteiger partial charge in [-0.2, -0.15) is 5.10 Å². The fourth-order valence-corrected chi connectivity index (χ4v) is 5.55. The number of hydrogen-bond acceptors (Lipinski definition) is 5. The second-order valence-electron chi connectivity index (χ2n) is 8.28. The Labute approximate surface area is 197 Å². The van der Waals surface area contributed by atoms with E-state index >= 15 is 0 Å². The molecular weight excluding hydrogens is 442 g/mol. The number of carbonyl (C=O) groups is 1. The van der Waals surface area contributed by atoms with Gasteiger partial charge in [0, 0.05) is 24.0 Å². The summed E-state index contributed by atoms with van der Waals surface area (Å²) in [5.41, 5.74) is 3.03. The molecule has 1 N–H and O–H groups in total. The smallest absolute Gasteiger partial charge is 0.235 e. The topological polar surface area (TPSA) is 62.5 Å². The molecule has 32 heavy (non-hydrogen) atoms. The molecule has 1 aliphatic carbocycles. The highest BCUT2D eigenvalue weighted by atomic mass is 35.5. The third kappa shape index (κ3) is 4.64. The molecule has 0 bridgehead atoms. The van der Waals surface area contributed by atoms with Crippen LogP contribution < -0.4 is 10.3 Å². The van der Waals surface area contributed by atoms with Crippen LogP contribution in [-0.4, -0.2) is 33.6 Å². The van der Waals surface area contributed by atoms with Crippen molar-refractivity contribution >= 4 is 51.8 Å². The first-order valence-corrected chi connectivity index (χ1v) is 12.5. The molecule has 2 aromatic carbocycles. The van der Waals surface area contributed by atoms with E-state index < -0.39 is 0 Å². The molecule has 1 aromatic heterocycles. The number of anilines is 1. The summed E-state index contributed by atoms with van der Waals surface area (Å²) < 4.78 is 2.33. The molecule has 0 radical (unpaired) electrons. The third-order valence-electron chi connectivity index (χ3n) is 6.03. The summed E-state index contributed by atoms with van der Waals surface area (Å²) in [5, 5.41) is 11.0. The van der Waals surface area contributed by atoms with Crippen LogP contribution in [0.5, 0.6) is 0 Å². The average molecular weight is 468 g/mol. The summed E-state index contributed by atoms with van der Waals surface area (Å²) in [5.74, 6) is 0.963. The Morgan fingerprint density at radius 2 is 1.94 bits per heavy atom. The minimum atomic E-state index is -0.0519. The van der Waals surface area contributed by atoms with E-state index in [0.717, 1.165) is 47.7 Å². The largest absolute Gasteiger partial charge is 0.316 e. The number of hydrazone groups is 1. The van der Waals surface area contributed by atoms with Crippen LogP contribution in [0.15, 0.2) is 58.8 Å². The van der Waals surface area contributed by atoms with Gasteiger partial charge in [-0.1, -0.05) is 60.8 Å². The highest BCUT2D eigenvalue weighted by molar-refractivity contribution is 7.99. The van der Waals surface area contributed by atoms with Gasteiger partial charge in [0.2, 0.25) is 5.91 Å². The number of rotatable bonds is 5. The second kappa shape index (κ2) is 9.55. The number of amidine groups is 1. The van der Waals surface area contributed by atoms with Crippen molar-refractivity contribution in [3.05, 3.63) is 53.6 Å². The molecule has 0 saturated heterocycles. The molecule has 0 atom stereocenters. The van der Waals surface area contributed by atoms with Crippen molar-refractivity contribution in [1.82, 2.24) is 14.9 Å². The highest BCUT2D eigenvalue weighted by Crippen LogP contribution is 2.36. The number of benzene rings is 2. The van der Waals surface area contributed by atoms with E-state index in [4.69, 9.17) is 16.6 Å². The van der Waals surface area contributed by atoms with Crippen LogP contribution in [0.1, 0.15) is 44.6 Å². The summed E-state index contributed by atoms with van der Waals surface area (Å²) in [6, 6.07) is 16.3. The van der Waals surface area contributed by atoms with E-state index in [1.54, 1.807) is 0 Å². The second-order valence-corrected chi connectivity index (χ2v) is 9.66. The van der Waals surface area contributed by atoms with Crippen molar-refractivity contribution in [2.45, 2.75) is 49.7 Å². The first-order valence-electron chi connectivity index (χ1n) is 11.2. The van der Waals surface area contributed by atoms with Crippen LogP contribution in [-0.2, 0) is 4.79 Å². The van der Waals surface area contributed by atoms with Crippen molar-refractivity contribution in [3.63, 3.8) is 0 Å². The number of aromatic nitrogens is 2. The molecule has 1 saturated carbocycles. The Morgan fingerprint density at radius 1 is 1.12 bits per heavy atom. The highest BCUT2D eigenvalue weighted by Gasteiger charge is 2.23. The molecule has 2 aliphatic rings. The molecule has 0 spiro atoms. The van der Waals surface area contributed by atoms with Crippen LogP contribution in [0.4, 0.5) is 5.69 Å². The number of halogens is 1. The van der Waals surface area contributed by atoms with Crippen LogP contribution >= 0.6 is 23.4 Å². The van der Waals surface area contributed by atoms with Crippen LogP contribution in [0.25, 0.3) is 11.0 Å². The lowest BCUT2D eigenvalue weighted by atomic mass is 9.95. The van der Waals surface area contributed by atoms with E-state index in [1.807, 2.05) is 47.5 Å². The number of para-hydroxylation sites is 1. The van der Waals surface area contributed by atoms with E-state index in [0.29, 0.717) is 22.7 Å². The van der Waals surface area contributed by atoms with Crippen molar-refractivity contribution in [2.24, 2.45) is 5.10 Å². The monoisotopic (exact) mass is 467 g/mol. The van der Waals surface area contributed by atoms with Gasteiger partial charge in [-0.15, -0.1) is 0 Å². The predicted molar refractivity (Wildman–Crippen MR) is 132 cm³/mol. The number of hydrogen-bond donors (Lipinski definition) is 1. The van der Waals surface area contributed by atoms with Crippen molar-refractivity contribution in [2.75, 3.05) is 17.3 Å². The summed E-state index contributed by atoms with van der Waals surface area (Å²) in [6.07, 6.45) is 6.80. The van der Waals surface area contributed by atoms with Crippen molar-refractivity contribution in [3.8, 4) is 0 Å². The lowest BCUT2D eigenvalue weighted by molar-refractivity contribution is -0.117. The maximum Gasteiger partial charge on any atom is 0.235 e. The number of imidazole rings is 1. The van der Waals surface area contributed by atoms with Gasteiger partial charge >= 0.3 is 0 Å².